The molecule has 2 heterocycles. The highest BCUT2D eigenvalue weighted by Crippen LogP contribution is 2.33. The van der Waals surface area contributed by atoms with Crippen molar-refractivity contribution in [2.24, 2.45) is 10.1 Å². The molecule has 1 fully saturated rings. The summed E-state index contributed by atoms with van der Waals surface area (Å²) in [4.78, 5) is 25.5. The van der Waals surface area contributed by atoms with Crippen molar-refractivity contribution in [3.05, 3.63) is 100 Å². The normalized spacial score (nSPS) is 17.7. The smallest absolute Gasteiger partial charge is 0.285 e. The van der Waals surface area contributed by atoms with Gasteiger partial charge in [0.1, 0.15) is 10.6 Å². The number of hydrazine groups is 1. The van der Waals surface area contributed by atoms with Crippen LogP contribution in [0, 0.1) is 0 Å². The Morgan fingerprint density at radius 1 is 1.11 bits per heavy atom. The number of amides is 2. The lowest BCUT2D eigenvalue weighted by Crippen LogP contribution is -2.44. The van der Waals surface area contributed by atoms with Gasteiger partial charge in [-0.25, -0.2) is 0 Å². The number of thiocarbonyl (C=S) groups is 1. The van der Waals surface area contributed by atoms with Gasteiger partial charge in [0.15, 0.2) is 16.3 Å². The SMILES string of the molecule is NC(=O)C(Cc1ccccc1)Oc1cccc(C=C2SC(=S)N(NC3=NS(=O)(=O)c4ccccc43)C2=O)c1. The zero-order valence-electron chi connectivity index (χ0n) is 19.6. The summed E-state index contributed by atoms with van der Waals surface area (Å²) < 4.78 is 34.5. The summed E-state index contributed by atoms with van der Waals surface area (Å²) in [5.41, 5.74) is 10.2. The van der Waals surface area contributed by atoms with Crippen molar-refractivity contribution in [3.8, 4) is 5.75 Å². The Balaban J connectivity index is 1.33. The second-order valence-electron chi connectivity index (χ2n) is 8.31. The van der Waals surface area contributed by atoms with E-state index in [2.05, 4.69) is 9.82 Å². The summed E-state index contributed by atoms with van der Waals surface area (Å²) in [7, 11) is -3.86. The van der Waals surface area contributed by atoms with Crippen LogP contribution in [-0.4, -0.2) is 41.5 Å². The Morgan fingerprint density at radius 2 is 1.84 bits per heavy atom. The number of thioether (sulfide) groups is 1. The maximum Gasteiger partial charge on any atom is 0.285 e. The number of hydrogen-bond acceptors (Lipinski definition) is 8. The van der Waals surface area contributed by atoms with E-state index in [1.165, 1.54) is 6.07 Å². The van der Waals surface area contributed by atoms with E-state index in [-0.39, 0.29) is 15.1 Å². The number of ether oxygens (including phenoxy) is 1. The van der Waals surface area contributed by atoms with Crippen LogP contribution in [0.3, 0.4) is 0 Å². The highest BCUT2D eigenvalue weighted by molar-refractivity contribution is 8.26. The van der Waals surface area contributed by atoms with Gasteiger partial charge in [-0.2, -0.15) is 13.4 Å². The number of carbonyl (C=O) groups is 2. The number of nitrogens with one attached hydrogen (secondary N) is 1. The molecule has 5 rings (SSSR count). The molecule has 0 bridgehead atoms. The lowest BCUT2D eigenvalue weighted by molar-refractivity contribution is -0.125. The Labute approximate surface area is 228 Å². The molecule has 192 valence electrons. The van der Waals surface area contributed by atoms with Crippen LogP contribution in [0.1, 0.15) is 16.7 Å². The summed E-state index contributed by atoms with van der Waals surface area (Å²) in [5, 5.41) is 1.09. The molecule has 1 atom stereocenters. The summed E-state index contributed by atoms with van der Waals surface area (Å²) in [6.45, 7) is 0. The molecule has 3 aromatic carbocycles. The predicted molar refractivity (Wildman–Crippen MR) is 149 cm³/mol. The number of rotatable bonds is 7. The number of sulfonamides is 1. The van der Waals surface area contributed by atoms with E-state index in [1.807, 2.05) is 30.3 Å². The van der Waals surface area contributed by atoms with Gasteiger partial charge in [-0.05, 0) is 53.7 Å². The molecule has 9 nitrogen and oxygen atoms in total. The molecule has 2 aliphatic heterocycles. The number of carbonyl (C=O) groups excluding carboxylic acids is 2. The zero-order chi connectivity index (χ0) is 26.9. The first kappa shape index (κ1) is 25.6. The van der Waals surface area contributed by atoms with E-state index in [0.717, 1.165) is 22.3 Å². The van der Waals surface area contributed by atoms with Crippen LogP contribution in [0.4, 0.5) is 0 Å². The van der Waals surface area contributed by atoms with Crippen LogP contribution < -0.4 is 15.9 Å². The number of hydrogen-bond donors (Lipinski definition) is 2. The molecule has 38 heavy (non-hydrogen) atoms. The summed E-state index contributed by atoms with van der Waals surface area (Å²) in [6.07, 6.45) is 1.07. The molecule has 1 saturated heterocycles. The van der Waals surface area contributed by atoms with Crippen molar-refractivity contribution >= 4 is 62.0 Å². The molecule has 0 spiro atoms. The van der Waals surface area contributed by atoms with Crippen LogP contribution >= 0.6 is 24.0 Å². The highest BCUT2D eigenvalue weighted by atomic mass is 32.2. The van der Waals surface area contributed by atoms with E-state index in [4.69, 9.17) is 22.7 Å². The van der Waals surface area contributed by atoms with Gasteiger partial charge in [-0.1, -0.05) is 66.4 Å². The number of primary amides is 1. The minimum Gasteiger partial charge on any atom is -0.480 e. The van der Waals surface area contributed by atoms with E-state index in [9.17, 15) is 18.0 Å². The largest absolute Gasteiger partial charge is 0.480 e. The van der Waals surface area contributed by atoms with Crippen LogP contribution in [-0.2, 0) is 26.0 Å². The lowest BCUT2D eigenvalue weighted by atomic mass is 10.1. The minimum atomic E-state index is -3.86. The molecule has 2 aliphatic rings. The number of fused-ring (bicyclic) bond motifs is 1. The van der Waals surface area contributed by atoms with Gasteiger partial charge in [-0.15, -0.1) is 4.40 Å². The number of nitrogens with zero attached hydrogens (tertiary/aromatic N) is 2. The van der Waals surface area contributed by atoms with Crippen molar-refractivity contribution in [3.63, 3.8) is 0 Å². The van der Waals surface area contributed by atoms with Crippen molar-refractivity contribution < 1.29 is 22.7 Å². The maximum atomic E-state index is 13.1. The molecule has 3 aromatic rings. The maximum absolute atomic E-state index is 13.1. The number of nitrogens with two attached hydrogens (primary N) is 1. The average molecular weight is 565 g/mol. The van der Waals surface area contributed by atoms with Gasteiger partial charge >= 0.3 is 0 Å². The van der Waals surface area contributed by atoms with Gasteiger partial charge in [-0.3, -0.25) is 15.0 Å². The molecule has 0 aromatic heterocycles. The molecule has 0 saturated carbocycles. The monoisotopic (exact) mass is 564 g/mol. The molecular formula is C26H20N4O5S3. The average Bonchev–Trinajstić information content (AvgIpc) is 3.31. The quantitative estimate of drug-likeness (QED) is 0.331. The van der Waals surface area contributed by atoms with Gasteiger partial charge in [0.05, 0.1) is 4.91 Å². The van der Waals surface area contributed by atoms with E-state index >= 15 is 0 Å². The van der Waals surface area contributed by atoms with Crippen molar-refractivity contribution in [1.82, 2.24) is 10.4 Å². The predicted octanol–water partition coefficient (Wildman–Crippen LogP) is 3.02. The van der Waals surface area contributed by atoms with Gasteiger partial charge in [0.2, 0.25) is 0 Å². The van der Waals surface area contributed by atoms with Crippen molar-refractivity contribution in [1.29, 1.82) is 0 Å². The molecule has 3 N–H and O–H groups in total. The first-order valence-corrected chi connectivity index (χ1v) is 14.0. The topological polar surface area (TPSA) is 131 Å². The Kier molecular flexibility index (Phi) is 7.02. The van der Waals surface area contributed by atoms with E-state index in [0.29, 0.717) is 28.2 Å². The van der Waals surface area contributed by atoms with Crippen LogP contribution in [0.2, 0.25) is 0 Å². The number of amidine groups is 1. The lowest BCUT2D eigenvalue weighted by Gasteiger charge is -2.17. The van der Waals surface area contributed by atoms with E-state index in [1.54, 1.807) is 48.5 Å². The fourth-order valence-corrected chi connectivity index (χ4v) is 6.23. The minimum absolute atomic E-state index is 0.0180. The summed E-state index contributed by atoms with van der Waals surface area (Å²) >= 11 is 6.41. The molecule has 0 aliphatic carbocycles. The Morgan fingerprint density at radius 3 is 2.61 bits per heavy atom. The number of benzene rings is 3. The fourth-order valence-electron chi connectivity index (χ4n) is 3.88. The third-order valence-corrected chi connectivity index (χ3v) is 8.30. The Bertz CT molecular complexity index is 1620. The van der Waals surface area contributed by atoms with Gasteiger partial charge < -0.3 is 10.5 Å². The summed E-state index contributed by atoms with van der Waals surface area (Å²) in [6, 6.07) is 22.6. The summed E-state index contributed by atoms with van der Waals surface area (Å²) in [5.74, 6) is -0.627. The molecule has 12 heteroatoms. The molecule has 1 unspecified atom stereocenters. The van der Waals surface area contributed by atoms with E-state index < -0.39 is 27.9 Å². The van der Waals surface area contributed by atoms with Crippen LogP contribution in [0.5, 0.6) is 5.75 Å². The zero-order valence-corrected chi connectivity index (χ0v) is 22.1. The fraction of sp³-hybridized carbons (Fsp3) is 0.0769. The third-order valence-electron chi connectivity index (χ3n) is 5.66. The highest BCUT2D eigenvalue weighted by Gasteiger charge is 2.36. The second-order valence-corrected chi connectivity index (χ2v) is 11.6. The van der Waals surface area contributed by atoms with Gasteiger partial charge in [0.25, 0.3) is 21.8 Å². The second kappa shape index (κ2) is 10.4. The van der Waals surface area contributed by atoms with Crippen LogP contribution in [0.15, 0.2) is 93.1 Å². The van der Waals surface area contributed by atoms with Crippen molar-refractivity contribution in [2.45, 2.75) is 17.4 Å². The molecule has 2 amide bonds. The standard InChI is InChI=1S/C26H20N4O5S3/c27-23(31)20(14-16-7-2-1-3-8-16)35-18-10-6-9-17(13-18)15-21-25(32)30(26(36)37-21)28-24-19-11-4-5-12-22(19)38(33,34)29-24/h1-13,15,20H,14H2,(H2,27,31)(H,28,29). The first-order valence-electron chi connectivity index (χ1n) is 11.3. The third kappa shape index (κ3) is 5.32. The first-order chi connectivity index (χ1) is 18.2. The van der Waals surface area contributed by atoms with Crippen LogP contribution in [0.25, 0.3) is 6.08 Å². The van der Waals surface area contributed by atoms with Gasteiger partial charge in [0, 0.05) is 12.0 Å². The Hall–Kier alpha value is -4.00. The van der Waals surface area contributed by atoms with Crippen molar-refractivity contribution in [2.75, 3.05) is 0 Å². The molecular weight excluding hydrogens is 545 g/mol. The molecule has 0 radical (unpaired) electrons.